The highest BCUT2D eigenvalue weighted by molar-refractivity contribution is 9.10. The van der Waals surface area contributed by atoms with Gasteiger partial charge in [0, 0.05) is 23.1 Å². The molecular formula is C31H33BrN2O4. The van der Waals surface area contributed by atoms with Crippen molar-refractivity contribution in [2.24, 2.45) is 0 Å². The molecule has 6 nitrogen and oxygen atoms in total. The molecule has 1 saturated heterocycles. The van der Waals surface area contributed by atoms with Gasteiger partial charge in [0.1, 0.15) is 18.1 Å². The predicted octanol–water partition coefficient (Wildman–Crippen LogP) is 6.10. The Labute approximate surface area is 232 Å². The number of benzene rings is 3. The number of ether oxygens (including phenoxy) is 1. The zero-order chi connectivity index (χ0) is 27.2. The van der Waals surface area contributed by atoms with Gasteiger partial charge in [-0.25, -0.2) is 0 Å². The number of halogens is 1. The van der Waals surface area contributed by atoms with Crippen LogP contribution in [0.15, 0.2) is 82.8 Å². The lowest BCUT2D eigenvalue weighted by molar-refractivity contribution is -0.140. The topological polar surface area (TPSA) is 70.1 Å². The molecule has 1 amide bonds. The highest BCUT2D eigenvalue weighted by atomic mass is 79.9. The van der Waals surface area contributed by atoms with Crippen LogP contribution < -0.4 is 4.74 Å². The number of likely N-dealkylation sites (N-methyl/N-ethyl adjacent to an activating group) is 1. The molecule has 3 aromatic carbocycles. The zero-order valence-corrected chi connectivity index (χ0v) is 23.6. The van der Waals surface area contributed by atoms with Crippen LogP contribution in [0.1, 0.15) is 42.1 Å². The third kappa shape index (κ3) is 6.00. The van der Waals surface area contributed by atoms with Crippen molar-refractivity contribution in [1.82, 2.24) is 9.80 Å². The van der Waals surface area contributed by atoms with E-state index in [0.29, 0.717) is 31.0 Å². The third-order valence-corrected chi connectivity index (χ3v) is 7.43. The molecule has 1 N–H and O–H groups in total. The smallest absolute Gasteiger partial charge is 0.295 e. The second-order valence-corrected chi connectivity index (χ2v) is 10.2. The van der Waals surface area contributed by atoms with Crippen LogP contribution in [0.25, 0.3) is 5.76 Å². The molecule has 1 atom stereocenters. The number of aliphatic hydroxyl groups excluding tert-OH is 1. The molecule has 0 radical (unpaired) electrons. The Hall–Kier alpha value is -3.42. The fourth-order valence-corrected chi connectivity index (χ4v) is 5.19. The Morgan fingerprint density at radius 1 is 1.00 bits per heavy atom. The van der Waals surface area contributed by atoms with Crippen LogP contribution in [0.2, 0.25) is 0 Å². The number of nitrogens with zero attached hydrogens (tertiary/aromatic N) is 2. The predicted molar refractivity (Wildman–Crippen MR) is 153 cm³/mol. The first-order valence-corrected chi connectivity index (χ1v) is 13.7. The Kier molecular flexibility index (Phi) is 9.02. The molecule has 198 valence electrons. The van der Waals surface area contributed by atoms with Gasteiger partial charge in [0.05, 0.1) is 11.6 Å². The van der Waals surface area contributed by atoms with Gasteiger partial charge in [0.2, 0.25) is 0 Å². The summed E-state index contributed by atoms with van der Waals surface area (Å²) in [4.78, 5) is 30.4. The number of rotatable bonds is 10. The fraction of sp³-hybridized carbons (Fsp3) is 0.290. The van der Waals surface area contributed by atoms with Crippen LogP contribution in [0.5, 0.6) is 5.75 Å². The summed E-state index contributed by atoms with van der Waals surface area (Å²) < 4.78 is 6.81. The molecule has 0 saturated carbocycles. The van der Waals surface area contributed by atoms with E-state index >= 15 is 0 Å². The van der Waals surface area contributed by atoms with E-state index in [1.54, 1.807) is 23.1 Å². The fourth-order valence-electron chi connectivity index (χ4n) is 4.77. The standard InChI is InChI=1S/C31H33BrN2O4/c1-4-33(5-2)16-17-34-28(23-12-9-13-25(32)19-23)27(30(36)31(34)37)29(35)24-14-15-26(21(3)18-24)38-20-22-10-7-6-8-11-22/h6-15,18-19,28,35H,4-5,16-17,20H2,1-3H3/b29-27+/t28-/m0/s1. The van der Waals surface area contributed by atoms with E-state index in [0.717, 1.165) is 34.3 Å². The van der Waals surface area contributed by atoms with Crippen LogP contribution in [0, 0.1) is 6.92 Å². The second kappa shape index (κ2) is 12.4. The van der Waals surface area contributed by atoms with Crippen molar-refractivity contribution < 1.29 is 19.4 Å². The molecule has 0 spiro atoms. The van der Waals surface area contributed by atoms with E-state index in [-0.39, 0.29) is 11.3 Å². The second-order valence-electron chi connectivity index (χ2n) is 9.33. The summed E-state index contributed by atoms with van der Waals surface area (Å²) in [5, 5.41) is 11.4. The van der Waals surface area contributed by atoms with Crippen molar-refractivity contribution in [3.05, 3.63) is 105 Å². The molecule has 1 aliphatic rings. The summed E-state index contributed by atoms with van der Waals surface area (Å²) in [6, 6.07) is 22.0. The number of Topliss-reactive ketones (excluding diaryl/α,β-unsaturated/α-hetero) is 1. The minimum atomic E-state index is -0.683. The highest BCUT2D eigenvalue weighted by Gasteiger charge is 2.46. The Morgan fingerprint density at radius 2 is 1.74 bits per heavy atom. The van der Waals surface area contributed by atoms with Gasteiger partial charge in [-0.05, 0) is 67.0 Å². The largest absolute Gasteiger partial charge is 0.507 e. The molecule has 0 bridgehead atoms. The highest BCUT2D eigenvalue weighted by Crippen LogP contribution is 2.40. The Bertz CT molecular complexity index is 1330. The Morgan fingerprint density at radius 3 is 2.39 bits per heavy atom. The summed E-state index contributed by atoms with van der Waals surface area (Å²) >= 11 is 3.51. The van der Waals surface area contributed by atoms with Gasteiger partial charge in [-0.2, -0.15) is 0 Å². The summed E-state index contributed by atoms with van der Waals surface area (Å²) in [6.07, 6.45) is 0. The van der Waals surface area contributed by atoms with Gasteiger partial charge in [-0.3, -0.25) is 9.59 Å². The molecule has 0 aromatic heterocycles. The average molecular weight is 578 g/mol. The maximum atomic E-state index is 13.3. The molecule has 1 aliphatic heterocycles. The minimum Gasteiger partial charge on any atom is -0.507 e. The molecule has 0 aliphatic carbocycles. The number of aliphatic hydroxyl groups is 1. The van der Waals surface area contributed by atoms with Gasteiger partial charge in [-0.15, -0.1) is 0 Å². The summed E-state index contributed by atoms with van der Waals surface area (Å²) in [6.45, 7) is 9.17. The first-order valence-electron chi connectivity index (χ1n) is 12.9. The van der Waals surface area contributed by atoms with Gasteiger partial charge < -0.3 is 19.6 Å². The van der Waals surface area contributed by atoms with Crippen molar-refractivity contribution in [3.8, 4) is 5.75 Å². The molecule has 7 heteroatoms. The van der Waals surface area contributed by atoms with Crippen molar-refractivity contribution in [1.29, 1.82) is 0 Å². The lowest BCUT2D eigenvalue weighted by atomic mass is 9.95. The SMILES string of the molecule is CCN(CC)CCN1C(=O)C(=O)/C(=C(/O)c2ccc(OCc3ccccc3)c(C)c2)[C@@H]1c1cccc(Br)c1. The van der Waals surface area contributed by atoms with Crippen molar-refractivity contribution in [2.45, 2.75) is 33.4 Å². The van der Waals surface area contributed by atoms with Gasteiger partial charge >= 0.3 is 0 Å². The summed E-state index contributed by atoms with van der Waals surface area (Å²) in [5.74, 6) is -0.762. The van der Waals surface area contributed by atoms with Crippen LogP contribution in [0.4, 0.5) is 0 Å². The first kappa shape index (κ1) is 27.6. The molecule has 38 heavy (non-hydrogen) atoms. The summed E-state index contributed by atoms with van der Waals surface area (Å²) in [5.41, 5.74) is 3.21. The average Bonchev–Trinajstić information content (AvgIpc) is 3.18. The molecule has 3 aromatic rings. The number of amides is 1. The quantitative estimate of drug-likeness (QED) is 0.179. The lowest BCUT2D eigenvalue weighted by Crippen LogP contribution is -2.38. The normalized spacial score (nSPS) is 16.9. The number of carbonyl (C=O) groups is 2. The number of carbonyl (C=O) groups excluding carboxylic acids is 2. The minimum absolute atomic E-state index is 0.102. The number of likely N-dealkylation sites (tertiary alicyclic amines) is 1. The van der Waals surface area contributed by atoms with Crippen LogP contribution in [-0.4, -0.2) is 52.8 Å². The van der Waals surface area contributed by atoms with E-state index in [4.69, 9.17) is 4.74 Å². The van der Waals surface area contributed by atoms with E-state index in [1.807, 2.05) is 61.5 Å². The van der Waals surface area contributed by atoms with Crippen LogP contribution >= 0.6 is 15.9 Å². The number of hydrogen-bond donors (Lipinski definition) is 1. The lowest BCUT2D eigenvalue weighted by Gasteiger charge is -2.28. The van der Waals surface area contributed by atoms with E-state index in [9.17, 15) is 14.7 Å². The van der Waals surface area contributed by atoms with Crippen LogP contribution in [-0.2, 0) is 16.2 Å². The van der Waals surface area contributed by atoms with Gasteiger partial charge in [-0.1, -0.05) is 72.2 Å². The molecule has 4 rings (SSSR count). The maximum absolute atomic E-state index is 13.3. The van der Waals surface area contributed by atoms with Crippen molar-refractivity contribution >= 4 is 33.4 Å². The number of ketones is 1. The molecular weight excluding hydrogens is 544 g/mol. The molecule has 1 heterocycles. The monoisotopic (exact) mass is 576 g/mol. The van der Waals surface area contributed by atoms with Gasteiger partial charge in [0.15, 0.2) is 0 Å². The Balaban J connectivity index is 1.69. The first-order chi connectivity index (χ1) is 18.3. The van der Waals surface area contributed by atoms with Crippen molar-refractivity contribution in [3.63, 3.8) is 0 Å². The maximum Gasteiger partial charge on any atom is 0.295 e. The van der Waals surface area contributed by atoms with Crippen molar-refractivity contribution in [2.75, 3.05) is 26.2 Å². The summed E-state index contributed by atoms with van der Waals surface area (Å²) in [7, 11) is 0. The zero-order valence-electron chi connectivity index (χ0n) is 22.0. The van der Waals surface area contributed by atoms with E-state index in [1.165, 1.54) is 0 Å². The number of aryl methyl sites for hydroxylation is 1. The third-order valence-electron chi connectivity index (χ3n) is 6.94. The molecule has 1 fully saturated rings. The van der Waals surface area contributed by atoms with Gasteiger partial charge in [0.25, 0.3) is 11.7 Å². The number of hydrogen-bond acceptors (Lipinski definition) is 5. The van der Waals surface area contributed by atoms with E-state index < -0.39 is 17.7 Å². The van der Waals surface area contributed by atoms with Crippen LogP contribution in [0.3, 0.4) is 0 Å². The molecule has 0 unspecified atom stereocenters. The van der Waals surface area contributed by atoms with E-state index in [2.05, 4.69) is 34.7 Å².